The number of hydrogen-bond acceptors (Lipinski definition) is 7. The summed E-state index contributed by atoms with van der Waals surface area (Å²) in [5.41, 5.74) is -0.401. The summed E-state index contributed by atoms with van der Waals surface area (Å²) < 4.78 is 17.0. The van der Waals surface area contributed by atoms with E-state index >= 15 is 0 Å². The lowest BCUT2D eigenvalue weighted by molar-refractivity contribution is 0.00534. The quantitative estimate of drug-likeness (QED) is 0.742. The molecule has 2 unspecified atom stereocenters. The Hall–Kier alpha value is -2.50. The first kappa shape index (κ1) is 21.7. The summed E-state index contributed by atoms with van der Waals surface area (Å²) in [5.74, 6) is 1.89. The van der Waals surface area contributed by atoms with E-state index < -0.39 is 5.60 Å². The van der Waals surface area contributed by atoms with Crippen LogP contribution in [0.4, 0.5) is 4.79 Å². The molecule has 0 spiro atoms. The molecule has 0 aliphatic carbocycles. The summed E-state index contributed by atoms with van der Waals surface area (Å²) in [6.07, 6.45) is 2.68. The Morgan fingerprint density at radius 2 is 1.97 bits per heavy atom. The van der Waals surface area contributed by atoms with Crippen LogP contribution in [-0.4, -0.2) is 78.1 Å². The molecule has 3 aliphatic rings. The third-order valence-electron chi connectivity index (χ3n) is 6.53. The fourth-order valence-corrected chi connectivity index (χ4v) is 4.63. The average molecular weight is 430 g/mol. The monoisotopic (exact) mass is 429 g/mol. The third-order valence-corrected chi connectivity index (χ3v) is 6.53. The van der Waals surface area contributed by atoms with Crippen molar-refractivity contribution in [1.29, 1.82) is 5.26 Å². The Morgan fingerprint density at radius 3 is 2.68 bits per heavy atom. The number of fused-ring (bicyclic) bond motifs is 1. The number of nitriles is 1. The smallest absolute Gasteiger partial charge is 0.410 e. The van der Waals surface area contributed by atoms with Gasteiger partial charge in [-0.15, -0.1) is 0 Å². The molecular formula is C23H31N3O5. The maximum Gasteiger partial charge on any atom is 0.410 e. The van der Waals surface area contributed by atoms with E-state index in [4.69, 9.17) is 19.5 Å². The van der Waals surface area contributed by atoms with Crippen LogP contribution in [0, 0.1) is 17.2 Å². The number of piperidine rings is 1. The van der Waals surface area contributed by atoms with Crippen LogP contribution in [-0.2, 0) is 4.74 Å². The molecule has 1 aromatic carbocycles. The number of benzene rings is 1. The van der Waals surface area contributed by atoms with Gasteiger partial charge < -0.3 is 19.3 Å². The zero-order valence-corrected chi connectivity index (χ0v) is 18.2. The van der Waals surface area contributed by atoms with Crippen molar-refractivity contribution in [2.24, 2.45) is 5.92 Å². The van der Waals surface area contributed by atoms with Crippen molar-refractivity contribution in [3.8, 4) is 17.6 Å². The summed E-state index contributed by atoms with van der Waals surface area (Å²) in [5, 5.41) is 19.4. The van der Waals surface area contributed by atoms with Crippen molar-refractivity contribution in [2.75, 3.05) is 39.4 Å². The van der Waals surface area contributed by atoms with Gasteiger partial charge in [0, 0.05) is 19.2 Å². The molecule has 4 rings (SSSR count). The third kappa shape index (κ3) is 5.05. The molecule has 168 valence electrons. The molecule has 0 aromatic heterocycles. The van der Waals surface area contributed by atoms with Crippen LogP contribution < -0.4 is 9.47 Å². The predicted octanol–water partition coefficient (Wildman–Crippen LogP) is 2.39. The molecule has 1 N–H and O–H groups in total. The van der Waals surface area contributed by atoms with Crippen molar-refractivity contribution in [2.45, 2.75) is 50.9 Å². The molecule has 0 radical (unpaired) electrons. The summed E-state index contributed by atoms with van der Waals surface area (Å²) in [6.45, 7) is 7.59. The molecule has 3 heterocycles. The van der Waals surface area contributed by atoms with Gasteiger partial charge in [-0.1, -0.05) is 0 Å². The van der Waals surface area contributed by atoms with Gasteiger partial charge in [-0.2, -0.15) is 5.26 Å². The summed E-state index contributed by atoms with van der Waals surface area (Å²) >= 11 is 0. The molecular weight excluding hydrogens is 398 g/mol. The van der Waals surface area contributed by atoms with Gasteiger partial charge in [-0.25, -0.2) is 4.79 Å². The second-order valence-electron chi connectivity index (χ2n) is 9.30. The van der Waals surface area contributed by atoms with Crippen molar-refractivity contribution < 1.29 is 24.1 Å². The van der Waals surface area contributed by atoms with Gasteiger partial charge in [0.15, 0.2) is 11.5 Å². The topological polar surface area (TPSA) is 95.3 Å². The number of amides is 1. The number of likely N-dealkylation sites (tertiary alicyclic amines) is 1. The fourth-order valence-electron chi connectivity index (χ4n) is 4.63. The molecule has 2 atom stereocenters. The van der Waals surface area contributed by atoms with Gasteiger partial charge in [-0.3, -0.25) is 9.80 Å². The second-order valence-corrected chi connectivity index (χ2v) is 9.30. The van der Waals surface area contributed by atoms with Crippen molar-refractivity contribution >= 4 is 6.09 Å². The Kier molecular flexibility index (Phi) is 6.26. The van der Waals surface area contributed by atoms with Crippen LogP contribution >= 0.6 is 0 Å². The zero-order valence-electron chi connectivity index (χ0n) is 18.2. The second kappa shape index (κ2) is 8.93. The van der Waals surface area contributed by atoms with Crippen LogP contribution in [0.5, 0.6) is 11.5 Å². The Balaban J connectivity index is 1.22. The number of nitrogens with zero attached hydrogens (tertiary/aromatic N) is 3. The molecule has 8 nitrogen and oxygen atoms in total. The summed E-state index contributed by atoms with van der Waals surface area (Å²) in [7, 11) is 0. The lowest BCUT2D eigenvalue weighted by Gasteiger charge is -2.36. The van der Waals surface area contributed by atoms with Gasteiger partial charge in [0.05, 0.1) is 23.3 Å². The molecule has 1 aromatic rings. The molecule has 2 saturated heterocycles. The molecule has 8 heteroatoms. The number of carbonyl (C=O) groups excluding carboxylic acids is 1. The molecule has 1 amide bonds. The average Bonchev–Trinajstić information content (AvgIpc) is 3.13. The zero-order chi connectivity index (χ0) is 22.0. The highest BCUT2D eigenvalue weighted by Gasteiger charge is 2.42. The van der Waals surface area contributed by atoms with Crippen LogP contribution in [0.25, 0.3) is 0 Å². The molecule has 2 fully saturated rings. The highest BCUT2D eigenvalue weighted by atomic mass is 16.6. The van der Waals surface area contributed by atoms with Crippen molar-refractivity contribution in [1.82, 2.24) is 9.80 Å². The maximum absolute atomic E-state index is 12.0. The van der Waals surface area contributed by atoms with Crippen LogP contribution in [0.1, 0.15) is 38.7 Å². The van der Waals surface area contributed by atoms with E-state index in [0.717, 1.165) is 38.9 Å². The number of rotatable bonds is 6. The van der Waals surface area contributed by atoms with Gasteiger partial charge in [0.1, 0.15) is 19.3 Å². The van der Waals surface area contributed by atoms with Crippen LogP contribution in [0.2, 0.25) is 0 Å². The molecule has 0 bridgehead atoms. The summed E-state index contributed by atoms with van der Waals surface area (Å²) in [6, 6.07) is 7.10. The van der Waals surface area contributed by atoms with Crippen LogP contribution in [0.15, 0.2) is 18.2 Å². The minimum absolute atomic E-state index is 0.0510. The van der Waals surface area contributed by atoms with Crippen LogP contribution in [0.3, 0.4) is 0 Å². The predicted molar refractivity (Wildman–Crippen MR) is 113 cm³/mol. The number of ether oxygens (including phenoxy) is 3. The minimum atomic E-state index is -0.968. The van der Waals surface area contributed by atoms with Crippen molar-refractivity contribution in [3.63, 3.8) is 0 Å². The van der Waals surface area contributed by atoms with Gasteiger partial charge in [0.25, 0.3) is 0 Å². The fraction of sp³-hybridized carbons (Fsp3) is 0.652. The van der Waals surface area contributed by atoms with Gasteiger partial charge in [0.2, 0.25) is 0 Å². The normalized spacial score (nSPS) is 24.7. The van der Waals surface area contributed by atoms with E-state index in [1.165, 1.54) is 0 Å². The molecule has 0 saturated carbocycles. The largest absolute Gasteiger partial charge is 0.486 e. The highest BCUT2D eigenvalue weighted by Crippen LogP contribution is 2.33. The first-order chi connectivity index (χ1) is 14.8. The molecule has 31 heavy (non-hydrogen) atoms. The van der Waals surface area contributed by atoms with Crippen molar-refractivity contribution in [3.05, 3.63) is 23.8 Å². The lowest BCUT2D eigenvalue weighted by atomic mass is 9.92. The van der Waals surface area contributed by atoms with E-state index in [0.29, 0.717) is 36.1 Å². The number of aliphatic hydroxyl groups is 1. The Bertz CT molecular complexity index is 839. The number of carbonyl (C=O) groups is 1. The first-order valence-corrected chi connectivity index (χ1v) is 11.0. The minimum Gasteiger partial charge on any atom is -0.486 e. The Labute approximate surface area is 183 Å². The van der Waals surface area contributed by atoms with E-state index in [1.807, 2.05) is 0 Å². The number of cyclic esters (lactones) is 1. The van der Waals surface area contributed by atoms with E-state index in [1.54, 1.807) is 36.9 Å². The Morgan fingerprint density at radius 1 is 1.19 bits per heavy atom. The van der Waals surface area contributed by atoms with E-state index in [2.05, 4.69) is 11.0 Å². The van der Waals surface area contributed by atoms with E-state index in [9.17, 15) is 9.90 Å². The molecule has 3 aliphatic heterocycles. The van der Waals surface area contributed by atoms with Gasteiger partial charge in [-0.05, 0) is 64.3 Å². The standard InChI is InChI=1S/C23H31N3O5/c1-23(2,28)21-15-30-22(27)26(21)10-7-16-5-8-25(9-6-16)13-18-14-29-19-4-3-17(12-24)11-20(19)31-18/h3-4,11,16,18,21,28H,5-10,13-15H2,1-2H3. The number of hydrogen-bond donors (Lipinski definition) is 1. The SMILES string of the molecule is CC(C)(O)C1COC(=O)N1CCC1CCN(CC2COc3ccc(C#N)cc3O2)CC1. The maximum atomic E-state index is 12.0. The van der Waals surface area contributed by atoms with Gasteiger partial charge >= 0.3 is 6.09 Å². The first-order valence-electron chi connectivity index (χ1n) is 11.0. The highest BCUT2D eigenvalue weighted by molar-refractivity contribution is 5.70. The lowest BCUT2D eigenvalue weighted by Crippen LogP contribution is -2.49. The summed E-state index contributed by atoms with van der Waals surface area (Å²) in [4.78, 5) is 16.1. The van der Waals surface area contributed by atoms with E-state index in [-0.39, 0.29) is 24.8 Å².